The number of sulfonamides is 1. The minimum atomic E-state index is -3.53. The van der Waals surface area contributed by atoms with Crippen LogP contribution in [0, 0.1) is 0 Å². The largest absolute Gasteiger partial charge is 0.374 e. The Morgan fingerprint density at radius 2 is 1.94 bits per heavy atom. The quantitative estimate of drug-likeness (QED) is 0.531. The zero-order valence-electron chi connectivity index (χ0n) is 19.1. The molecule has 32 heavy (non-hydrogen) atoms. The Kier molecular flexibility index (Phi) is 7.33. The number of fused-ring (bicyclic) bond motifs is 1. The number of benzene rings is 2. The molecule has 0 radical (unpaired) electrons. The third-order valence-corrected chi connectivity index (χ3v) is 6.90. The van der Waals surface area contributed by atoms with Gasteiger partial charge in [0.1, 0.15) is 5.82 Å². The van der Waals surface area contributed by atoms with Crippen molar-refractivity contribution in [2.24, 2.45) is 7.05 Å². The minimum absolute atomic E-state index is 0.116. The van der Waals surface area contributed by atoms with Crippen LogP contribution in [0.5, 0.6) is 0 Å². The molecule has 0 aliphatic rings. The van der Waals surface area contributed by atoms with Gasteiger partial charge in [-0.1, -0.05) is 12.1 Å². The number of nitrogens with one attached hydrogen (secondary N) is 1. The third-order valence-electron chi connectivity index (χ3n) is 5.09. The predicted octanol–water partition coefficient (Wildman–Crippen LogP) is 3.32. The van der Waals surface area contributed by atoms with Crippen molar-refractivity contribution in [3.63, 3.8) is 0 Å². The van der Waals surface area contributed by atoms with Crippen molar-refractivity contribution >= 4 is 32.7 Å². The Morgan fingerprint density at radius 1 is 1.19 bits per heavy atom. The lowest BCUT2D eigenvalue weighted by atomic mass is 10.2. The number of rotatable bonds is 9. The molecule has 0 saturated carbocycles. The molecule has 172 valence electrons. The monoisotopic (exact) mass is 458 g/mol. The lowest BCUT2D eigenvalue weighted by molar-refractivity contribution is -0.116. The summed E-state index contributed by atoms with van der Waals surface area (Å²) in [5.74, 6) is 0.600. The number of aryl methyl sites for hydroxylation is 2. The number of anilines is 1. The van der Waals surface area contributed by atoms with Gasteiger partial charge in [-0.05, 0) is 49.7 Å². The first-order valence-corrected chi connectivity index (χ1v) is 11.9. The maximum atomic E-state index is 12.5. The van der Waals surface area contributed by atoms with Crippen LogP contribution < -0.4 is 5.32 Å². The van der Waals surface area contributed by atoms with E-state index < -0.39 is 10.0 Å². The first kappa shape index (κ1) is 23.9. The first-order chi connectivity index (χ1) is 15.1. The van der Waals surface area contributed by atoms with Crippen LogP contribution in [-0.4, -0.2) is 48.4 Å². The maximum Gasteiger partial charge on any atom is 0.242 e. The van der Waals surface area contributed by atoms with Crippen molar-refractivity contribution in [3.8, 4) is 0 Å². The van der Waals surface area contributed by atoms with Crippen LogP contribution in [0.4, 0.5) is 5.69 Å². The highest BCUT2D eigenvalue weighted by Gasteiger charge is 2.19. The molecule has 1 N–H and O–H groups in total. The van der Waals surface area contributed by atoms with E-state index in [1.807, 2.05) is 49.7 Å². The van der Waals surface area contributed by atoms with Crippen molar-refractivity contribution in [2.75, 3.05) is 19.4 Å². The van der Waals surface area contributed by atoms with E-state index in [0.29, 0.717) is 24.4 Å². The summed E-state index contributed by atoms with van der Waals surface area (Å²) in [6, 6.07) is 12.5. The highest BCUT2D eigenvalue weighted by Crippen LogP contribution is 2.22. The molecular weight excluding hydrogens is 428 g/mol. The van der Waals surface area contributed by atoms with Gasteiger partial charge in [-0.3, -0.25) is 4.79 Å². The summed E-state index contributed by atoms with van der Waals surface area (Å²) in [5.41, 5.74) is 3.12. The molecule has 0 aliphatic heterocycles. The van der Waals surface area contributed by atoms with E-state index >= 15 is 0 Å². The van der Waals surface area contributed by atoms with Gasteiger partial charge in [0.15, 0.2) is 0 Å². The molecule has 0 saturated heterocycles. The van der Waals surface area contributed by atoms with Crippen LogP contribution in [0.2, 0.25) is 0 Å². The maximum absolute atomic E-state index is 12.5. The number of carbonyl (C=O) groups excluding carboxylic acids is 1. The molecular formula is C23H30N4O4S. The summed E-state index contributed by atoms with van der Waals surface area (Å²) in [4.78, 5) is 17.2. The topological polar surface area (TPSA) is 93.5 Å². The van der Waals surface area contributed by atoms with Gasteiger partial charge in [0.2, 0.25) is 15.9 Å². The lowest BCUT2D eigenvalue weighted by Crippen LogP contribution is -2.22. The van der Waals surface area contributed by atoms with Crippen molar-refractivity contribution in [1.29, 1.82) is 0 Å². The molecule has 0 atom stereocenters. The van der Waals surface area contributed by atoms with Gasteiger partial charge in [-0.2, -0.15) is 0 Å². The Morgan fingerprint density at radius 3 is 2.62 bits per heavy atom. The summed E-state index contributed by atoms with van der Waals surface area (Å²) < 4.78 is 33.4. The van der Waals surface area contributed by atoms with Crippen LogP contribution in [0.15, 0.2) is 47.4 Å². The lowest BCUT2D eigenvalue weighted by Gasteiger charge is -2.11. The van der Waals surface area contributed by atoms with E-state index in [0.717, 1.165) is 16.8 Å². The fourth-order valence-electron chi connectivity index (χ4n) is 3.27. The summed E-state index contributed by atoms with van der Waals surface area (Å²) in [7, 11) is 1.32. The number of ether oxygens (including phenoxy) is 1. The van der Waals surface area contributed by atoms with Crippen LogP contribution in [0.25, 0.3) is 11.0 Å². The van der Waals surface area contributed by atoms with Gasteiger partial charge >= 0.3 is 0 Å². The van der Waals surface area contributed by atoms with Gasteiger partial charge in [-0.25, -0.2) is 17.7 Å². The number of amides is 1. The second kappa shape index (κ2) is 9.81. The normalized spacial score (nSPS) is 12.1. The molecule has 0 aliphatic carbocycles. The van der Waals surface area contributed by atoms with Crippen LogP contribution in [-0.2, 0) is 39.6 Å². The number of hydrogen-bond acceptors (Lipinski definition) is 5. The molecule has 9 heteroatoms. The summed E-state index contributed by atoms with van der Waals surface area (Å²) in [6.07, 6.45) is 0.830. The smallest absolute Gasteiger partial charge is 0.242 e. The Hall–Kier alpha value is -2.75. The molecule has 8 nitrogen and oxygen atoms in total. The van der Waals surface area contributed by atoms with Gasteiger partial charge in [0.05, 0.1) is 28.6 Å². The highest BCUT2D eigenvalue weighted by atomic mass is 32.2. The fourth-order valence-corrected chi connectivity index (χ4v) is 4.20. The van der Waals surface area contributed by atoms with E-state index in [9.17, 15) is 13.2 Å². The van der Waals surface area contributed by atoms with Gasteiger partial charge in [0.25, 0.3) is 0 Å². The molecule has 1 heterocycles. The van der Waals surface area contributed by atoms with Crippen LogP contribution >= 0.6 is 0 Å². The van der Waals surface area contributed by atoms with E-state index in [2.05, 4.69) is 10.3 Å². The number of imidazole rings is 1. The molecule has 0 unspecified atom stereocenters. The Balaban J connectivity index is 1.68. The summed E-state index contributed by atoms with van der Waals surface area (Å²) in [6.45, 7) is 4.45. The van der Waals surface area contributed by atoms with Crippen LogP contribution in [0.1, 0.15) is 31.7 Å². The zero-order chi connectivity index (χ0) is 23.5. The molecule has 1 aromatic heterocycles. The Labute approximate surface area is 189 Å². The number of carbonyl (C=O) groups is 1. The first-order valence-electron chi connectivity index (χ1n) is 10.5. The molecule has 0 bridgehead atoms. The predicted molar refractivity (Wildman–Crippen MR) is 125 cm³/mol. The average Bonchev–Trinajstić information content (AvgIpc) is 3.06. The van der Waals surface area contributed by atoms with Crippen LogP contribution in [0.3, 0.4) is 0 Å². The Bertz CT molecular complexity index is 1220. The standard InChI is InChI=1S/C23H30N4O4S/c1-16(2)31-15-17-7-6-8-18(13-17)24-23(28)12-11-22-25-20-14-19(32(29,30)26(3)4)9-10-21(20)27(22)5/h6-10,13-14,16H,11-12,15H2,1-5H3,(H,24,28). The van der Waals surface area contributed by atoms with E-state index in [-0.39, 0.29) is 23.3 Å². The van der Waals surface area contributed by atoms with E-state index in [1.165, 1.54) is 18.4 Å². The van der Waals surface area contributed by atoms with Crippen molar-refractivity contribution < 1.29 is 17.9 Å². The molecule has 3 aromatic rings. The number of aromatic nitrogens is 2. The van der Waals surface area contributed by atoms with Gasteiger partial charge in [0, 0.05) is 39.7 Å². The summed E-state index contributed by atoms with van der Waals surface area (Å²) in [5, 5.41) is 2.92. The molecule has 3 rings (SSSR count). The number of nitrogens with zero attached hydrogens (tertiary/aromatic N) is 3. The second-order valence-corrected chi connectivity index (χ2v) is 10.3. The number of hydrogen-bond donors (Lipinski definition) is 1. The highest BCUT2D eigenvalue weighted by molar-refractivity contribution is 7.89. The molecule has 1 amide bonds. The van der Waals surface area contributed by atoms with E-state index in [4.69, 9.17) is 4.74 Å². The SMILES string of the molecule is CC(C)OCc1cccc(NC(=O)CCc2nc3cc(S(=O)(=O)N(C)C)ccc3n2C)c1. The van der Waals surface area contributed by atoms with E-state index in [1.54, 1.807) is 18.2 Å². The molecule has 0 fully saturated rings. The molecule has 2 aromatic carbocycles. The van der Waals surface area contributed by atoms with Crippen molar-refractivity contribution in [1.82, 2.24) is 13.9 Å². The second-order valence-electron chi connectivity index (χ2n) is 8.13. The summed E-state index contributed by atoms with van der Waals surface area (Å²) >= 11 is 0. The van der Waals surface area contributed by atoms with Gasteiger partial charge < -0.3 is 14.6 Å². The van der Waals surface area contributed by atoms with Crippen molar-refractivity contribution in [3.05, 3.63) is 53.9 Å². The fraction of sp³-hybridized carbons (Fsp3) is 0.391. The molecule has 0 spiro atoms. The minimum Gasteiger partial charge on any atom is -0.374 e. The average molecular weight is 459 g/mol. The third kappa shape index (κ3) is 5.53. The van der Waals surface area contributed by atoms with Gasteiger partial charge in [-0.15, -0.1) is 0 Å². The van der Waals surface area contributed by atoms with Crippen molar-refractivity contribution in [2.45, 2.75) is 44.3 Å². The zero-order valence-corrected chi connectivity index (χ0v) is 19.9.